The van der Waals surface area contributed by atoms with Crippen LogP contribution >= 0.6 is 22.6 Å². The summed E-state index contributed by atoms with van der Waals surface area (Å²) in [6, 6.07) is 12.7. The van der Waals surface area contributed by atoms with Crippen molar-refractivity contribution in [2.24, 2.45) is 0 Å². The lowest BCUT2D eigenvalue weighted by Crippen LogP contribution is -2.11. The van der Waals surface area contributed by atoms with Crippen LogP contribution in [0.25, 0.3) is 0 Å². The van der Waals surface area contributed by atoms with Crippen molar-refractivity contribution in [3.05, 3.63) is 51.6 Å². The summed E-state index contributed by atoms with van der Waals surface area (Å²) >= 11 is 2.20. The van der Waals surface area contributed by atoms with Crippen LogP contribution in [-0.4, -0.2) is 12.7 Å². The SMILES string of the molecule is O=C(Nc1ccc2c(c1)OCO2)c1ccc(I)cc1. The number of benzene rings is 2. The van der Waals surface area contributed by atoms with Gasteiger partial charge in [-0.05, 0) is 59.0 Å². The van der Waals surface area contributed by atoms with Crippen molar-refractivity contribution in [2.75, 3.05) is 12.1 Å². The second kappa shape index (κ2) is 5.08. The predicted molar refractivity (Wildman–Crippen MR) is 79.7 cm³/mol. The molecule has 19 heavy (non-hydrogen) atoms. The van der Waals surface area contributed by atoms with Gasteiger partial charge in [0, 0.05) is 20.9 Å². The lowest BCUT2D eigenvalue weighted by Gasteiger charge is -2.06. The van der Waals surface area contributed by atoms with E-state index in [9.17, 15) is 4.79 Å². The average molecular weight is 367 g/mol. The molecule has 0 spiro atoms. The molecule has 0 unspecified atom stereocenters. The fraction of sp³-hybridized carbons (Fsp3) is 0.0714. The highest BCUT2D eigenvalue weighted by molar-refractivity contribution is 14.1. The van der Waals surface area contributed by atoms with Gasteiger partial charge in [0.2, 0.25) is 6.79 Å². The Kier molecular flexibility index (Phi) is 3.29. The summed E-state index contributed by atoms with van der Waals surface area (Å²) in [4.78, 5) is 12.0. The molecular formula is C14H10INO3. The number of hydrogen-bond donors (Lipinski definition) is 1. The molecule has 2 aromatic rings. The summed E-state index contributed by atoms with van der Waals surface area (Å²) in [7, 11) is 0. The van der Waals surface area contributed by atoms with E-state index in [4.69, 9.17) is 9.47 Å². The number of rotatable bonds is 2. The second-order valence-electron chi connectivity index (χ2n) is 4.03. The molecule has 0 saturated carbocycles. The molecule has 1 amide bonds. The minimum Gasteiger partial charge on any atom is -0.454 e. The molecule has 0 saturated heterocycles. The molecule has 2 aromatic carbocycles. The average Bonchev–Trinajstić information content (AvgIpc) is 2.87. The summed E-state index contributed by atoms with van der Waals surface area (Å²) in [5.41, 5.74) is 1.31. The molecule has 96 valence electrons. The number of carbonyl (C=O) groups is 1. The van der Waals surface area contributed by atoms with E-state index >= 15 is 0 Å². The van der Waals surface area contributed by atoms with Crippen LogP contribution in [0.5, 0.6) is 11.5 Å². The van der Waals surface area contributed by atoms with Crippen LogP contribution in [0, 0.1) is 3.57 Å². The highest BCUT2D eigenvalue weighted by atomic mass is 127. The van der Waals surface area contributed by atoms with Gasteiger partial charge in [-0.2, -0.15) is 0 Å². The van der Waals surface area contributed by atoms with E-state index in [1.54, 1.807) is 30.3 Å². The van der Waals surface area contributed by atoms with Crippen LogP contribution in [0.1, 0.15) is 10.4 Å². The lowest BCUT2D eigenvalue weighted by atomic mass is 10.2. The van der Waals surface area contributed by atoms with Gasteiger partial charge in [-0.1, -0.05) is 0 Å². The van der Waals surface area contributed by atoms with Crippen molar-refractivity contribution in [2.45, 2.75) is 0 Å². The monoisotopic (exact) mass is 367 g/mol. The van der Waals surface area contributed by atoms with Gasteiger partial charge in [-0.15, -0.1) is 0 Å². The number of anilines is 1. The van der Waals surface area contributed by atoms with Crippen LogP contribution in [0.4, 0.5) is 5.69 Å². The third-order valence-electron chi connectivity index (χ3n) is 2.74. The van der Waals surface area contributed by atoms with Gasteiger partial charge < -0.3 is 14.8 Å². The number of ether oxygens (including phenoxy) is 2. The number of halogens is 1. The molecule has 0 fully saturated rings. The predicted octanol–water partition coefficient (Wildman–Crippen LogP) is 3.27. The minimum absolute atomic E-state index is 0.143. The Hall–Kier alpha value is -1.76. The number of carbonyl (C=O) groups excluding carboxylic acids is 1. The smallest absolute Gasteiger partial charge is 0.255 e. The minimum atomic E-state index is -0.143. The fourth-order valence-corrected chi connectivity index (χ4v) is 2.14. The van der Waals surface area contributed by atoms with Crippen LogP contribution in [0.3, 0.4) is 0 Å². The van der Waals surface area contributed by atoms with Gasteiger partial charge in [0.1, 0.15) is 0 Å². The van der Waals surface area contributed by atoms with Gasteiger partial charge in [0.15, 0.2) is 11.5 Å². The van der Waals surface area contributed by atoms with E-state index in [2.05, 4.69) is 27.9 Å². The Morgan fingerprint density at radius 2 is 1.79 bits per heavy atom. The van der Waals surface area contributed by atoms with Crippen LogP contribution in [-0.2, 0) is 0 Å². The quantitative estimate of drug-likeness (QED) is 0.829. The molecule has 1 N–H and O–H groups in total. The number of nitrogens with one attached hydrogen (secondary N) is 1. The highest BCUT2D eigenvalue weighted by Gasteiger charge is 2.14. The van der Waals surface area contributed by atoms with Gasteiger partial charge >= 0.3 is 0 Å². The summed E-state index contributed by atoms with van der Waals surface area (Å²) < 4.78 is 11.6. The first-order valence-electron chi connectivity index (χ1n) is 5.69. The van der Waals surface area contributed by atoms with Crippen molar-refractivity contribution in [3.8, 4) is 11.5 Å². The van der Waals surface area contributed by atoms with E-state index in [1.165, 1.54) is 0 Å². The Labute approximate surface area is 123 Å². The molecule has 1 aliphatic heterocycles. The maximum atomic E-state index is 12.0. The molecule has 1 aliphatic rings. The van der Waals surface area contributed by atoms with Crippen molar-refractivity contribution in [1.82, 2.24) is 0 Å². The molecule has 0 radical (unpaired) electrons. The second-order valence-corrected chi connectivity index (χ2v) is 5.27. The largest absolute Gasteiger partial charge is 0.454 e. The molecule has 0 aromatic heterocycles. The van der Waals surface area contributed by atoms with Crippen LogP contribution < -0.4 is 14.8 Å². The topological polar surface area (TPSA) is 47.6 Å². The number of hydrogen-bond acceptors (Lipinski definition) is 3. The lowest BCUT2D eigenvalue weighted by molar-refractivity contribution is 0.102. The van der Waals surface area contributed by atoms with E-state index in [0.29, 0.717) is 22.7 Å². The Balaban J connectivity index is 1.77. The Bertz CT molecular complexity index is 625. The summed E-state index contributed by atoms with van der Waals surface area (Å²) in [5, 5.41) is 2.83. The maximum absolute atomic E-state index is 12.0. The zero-order valence-electron chi connectivity index (χ0n) is 9.85. The van der Waals surface area contributed by atoms with Crippen molar-refractivity contribution in [3.63, 3.8) is 0 Å². The first kappa shape index (κ1) is 12.3. The van der Waals surface area contributed by atoms with E-state index < -0.39 is 0 Å². The Morgan fingerprint density at radius 3 is 2.58 bits per heavy atom. The molecule has 5 heteroatoms. The van der Waals surface area contributed by atoms with Crippen LogP contribution in [0.15, 0.2) is 42.5 Å². The third-order valence-corrected chi connectivity index (χ3v) is 3.46. The highest BCUT2D eigenvalue weighted by Crippen LogP contribution is 2.34. The summed E-state index contributed by atoms with van der Waals surface area (Å²) in [6.45, 7) is 0.226. The molecule has 0 atom stereocenters. The standard InChI is InChI=1S/C14H10INO3/c15-10-3-1-9(2-4-10)14(17)16-11-5-6-12-13(7-11)19-8-18-12/h1-7H,8H2,(H,16,17). The zero-order chi connectivity index (χ0) is 13.2. The van der Waals surface area contributed by atoms with E-state index in [0.717, 1.165) is 3.57 Å². The first-order valence-corrected chi connectivity index (χ1v) is 6.77. The molecule has 4 nitrogen and oxygen atoms in total. The summed E-state index contributed by atoms with van der Waals surface area (Å²) in [6.07, 6.45) is 0. The number of amides is 1. The van der Waals surface area contributed by atoms with Crippen molar-refractivity contribution in [1.29, 1.82) is 0 Å². The molecule has 0 aliphatic carbocycles. The van der Waals surface area contributed by atoms with E-state index in [1.807, 2.05) is 12.1 Å². The maximum Gasteiger partial charge on any atom is 0.255 e. The molecule has 1 heterocycles. The third kappa shape index (κ3) is 2.65. The molecule has 0 bridgehead atoms. The molecule has 3 rings (SSSR count). The normalized spacial score (nSPS) is 12.3. The summed E-state index contributed by atoms with van der Waals surface area (Å²) in [5.74, 6) is 1.21. The van der Waals surface area contributed by atoms with Gasteiger partial charge in [-0.3, -0.25) is 4.79 Å². The van der Waals surface area contributed by atoms with E-state index in [-0.39, 0.29) is 12.7 Å². The fourth-order valence-electron chi connectivity index (χ4n) is 1.78. The van der Waals surface area contributed by atoms with Gasteiger partial charge in [-0.25, -0.2) is 0 Å². The zero-order valence-corrected chi connectivity index (χ0v) is 12.0. The van der Waals surface area contributed by atoms with Crippen molar-refractivity contribution < 1.29 is 14.3 Å². The number of fused-ring (bicyclic) bond motifs is 1. The Morgan fingerprint density at radius 1 is 1.05 bits per heavy atom. The van der Waals surface area contributed by atoms with Gasteiger partial charge in [0.25, 0.3) is 5.91 Å². The van der Waals surface area contributed by atoms with Crippen LogP contribution in [0.2, 0.25) is 0 Å². The van der Waals surface area contributed by atoms with Crippen molar-refractivity contribution >= 4 is 34.2 Å². The molecular weight excluding hydrogens is 357 g/mol. The first-order chi connectivity index (χ1) is 9.22. The van der Waals surface area contributed by atoms with Gasteiger partial charge in [0.05, 0.1) is 0 Å².